The average Bonchev–Trinajstić information content (AvgIpc) is 3.25. The summed E-state index contributed by atoms with van der Waals surface area (Å²) >= 11 is 0. The second-order valence-corrected chi connectivity index (χ2v) is 9.76. The molecule has 0 aromatic heterocycles. The van der Waals surface area contributed by atoms with Gasteiger partial charge in [0.25, 0.3) is 0 Å². The lowest BCUT2D eigenvalue weighted by atomic mass is 9.84. The number of amides is 1. The number of anilines is 1. The number of allylic oxidation sites excluding steroid dienone is 2. The molecule has 1 aromatic rings. The number of esters is 2. The maximum absolute atomic E-state index is 13.1. The number of carbonyl (C=O) groups is 3. The molecule has 0 bridgehead atoms. The zero-order valence-corrected chi connectivity index (χ0v) is 21.8. The summed E-state index contributed by atoms with van der Waals surface area (Å²) in [4.78, 5) is 36.7. The summed E-state index contributed by atoms with van der Waals surface area (Å²) in [7, 11) is 0. The maximum atomic E-state index is 13.1. The van der Waals surface area contributed by atoms with Gasteiger partial charge in [-0.3, -0.25) is 9.59 Å². The maximum Gasteiger partial charge on any atom is 0.471 e. The van der Waals surface area contributed by atoms with Gasteiger partial charge in [0.15, 0.2) is 0 Å². The van der Waals surface area contributed by atoms with Gasteiger partial charge in [-0.1, -0.05) is 44.8 Å². The van der Waals surface area contributed by atoms with Gasteiger partial charge in [0.2, 0.25) is 0 Å². The van der Waals surface area contributed by atoms with Crippen molar-refractivity contribution in [2.24, 2.45) is 5.92 Å². The summed E-state index contributed by atoms with van der Waals surface area (Å²) < 4.78 is 49.9. The van der Waals surface area contributed by atoms with Crippen LogP contribution in [0.2, 0.25) is 0 Å². The number of unbranched alkanes of at least 4 members (excludes halogenated alkanes) is 3. The molecule has 0 unspecified atom stereocenters. The predicted octanol–water partition coefficient (Wildman–Crippen LogP) is 6.51. The van der Waals surface area contributed by atoms with Gasteiger partial charge in [-0.2, -0.15) is 13.2 Å². The molecule has 1 N–H and O–H groups in total. The van der Waals surface area contributed by atoms with E-state index in [2.05, 4.69) is 6.92 Å². The monoisotopic (exact) mass is 523 g/mol. The zero-order valence-electron chi connectivity index (χ0n) is 21.8. The molecule has 1 aromatic carbocycles. The standard InChI is InChI=1S/C28H36F3NO5/c1-4-6-7-8-15-36-25(33)19-12-9-18(10-13-19)11-14-21-20(5-2)17(3)22-16-37-26(34)23(22)24(21)32-27(35)28(29,30)31/h11,19H,4-10,12-16H2,1-3H3,(H,32,35). The van der Waals surface area contributed by atoms with E-state index in [0.29, 0.717) is 49.8 Å². The van der Waals surface area contributed by atoms with Gasteiger partial charge in [-0.05, 0) is 68.6 Å². The van der Waals surface area contributed by atoms with Crippen molar-refractivity contribution >= 4 is 23.5 Å². The number of hydrogen-bond acceptors (Lipinski definition) is 5. The van der Waals surface area contributed by atoms with Crippen LogP contribution in [0.4, 0.5) is 18.9 Å². The fraction of sp³-hybridized carbons (Fsp3) is 0.607. The van der Waals surface area contributed by atoms with Gasteiger partial charge in [0.1, 0.15) is 6.61 Å². The average molecular weight is 524 g/mol. The lowest BCUT2D eigenvalue weighted by molar-refractivity contribution is -0.167. The number of ether oxygens (including phenoxy) is 2. The Labute approximate surface area is 216 Å². The first kappa shape index (κ1) is 28.7. The second kappa shape index (κ2) is 12.6. The molecule has 0 atom stereocenters. The fourth-order valence-electron chi connectivity index (χ4n) is 5.18. The number of nitrogens with one attached hydrogen (secondary N) is 1. The van der Waals surface area contributed by atoms with E-state index < -0.39 is 18.1 Å². The van der Waals surface area contributed by atoms with Crippen molar-refractivity contribution in [1.29, 1.82) is 0 Å². The molecule has 0 saturated heterocycles. The molecule has 1 amide bonds. The molecule has 1 aliphatic heterocycles. The van der Waals surface area contributed by atoms with Gasteiger partial charge in [0.05, 0.1) is 23.8 Å². The van der Waals surface area contributed by atoms with Crippen LogP contribution in [0.5, 0.6) is 0 Å². The molecule has 1 aliphatic carbocycles. The summed E-state index contributed by atoms with van der Waals surface area (Å²) in [6.45, 7) is 6.26. The van der Waals surface area contributed by atoms with Gasteiger partial charge in [-0.15, -0.1) is 0 Å². The Bertz CT molecular complexity index is 1050. The summed E-state index contributed by atoms with van der Waals surface area (Å²) in [5, 5.41) is 1.97. The van der Waals surface area contributed by atoms with E-state index in [4.69, 9.17) is 9.47 Å². The van der Waals surface area contributed by atoms with E-state index in [1.807, 2.05) is 25.2 Å². The first-order valence-corrected chi connectivity index (χ1v) is 13.1. The summed E-state index contributed by atoms with van der Waals surface area (Å²) in [5.41, 5.74) is 3.60. The topological polar surface area (TPSA) is 81.7 Å². The normalized spacial score (nSPS) is 17.3. The minimum absolute atomic E-state index is 0.00564. The molecule has 0 spiro atoms. The molecule has 6 nitrogen and oxygen atoms in total. The molecule has 2 aliphatic rings. The second-order valence-electron chi connectivity index (χ2n) is 9.76. The Morgan fingerprint density at radius 2 is 1.81 bits per heavy atom. The van der Waals surface area contributed by atoms with Gasteiger partial charge >= 0.3 is 24.0 Å². The van der Waals surface area contributed by atoms with Crippen LogP contribution in [-0.4, -0.2) is 30.6 Å². The van der Waals surface area contributed by atoms with Crippen molar-refractivity contribution in [3.63, 3.8) is 0 Å². The number of hydrogen-bond donors (Lipinski definition) is 1. The highest BCUT2D eigenvalue weighted by Gasteiger charge is 2.41. The number of halogens is 3. The largest absolute Gasteiger partial charge is 0.471 e. The van der Waals surface area contributed by atoms with E-state index in [1.54, 1.807) is 0 Å². The Morgan fingerprint density at radius 1 is 1.11 bits per heavy atom. The molecular weight excluding hydrogens is 487 g/mol. The van der Waals surface area contributed by atoms with Crippen LogP contribution in [0, 0.1) is 12.8 Å². The number of carbonyl (C=O) groups excluding carboxylic acids is 3. The van der Waals surface area contributed by atoms with E-state index in [0.717, 1.165) is 42.4 Å². The molecule has 204 valence electrons. The van der Waals surface area contributed by atoms with Crippen molar-refractivity contribution in [2.45, 2.75) is 97.8 Å². The van der Waals surface area contributed by atoms with Crippen LogP contribution in [0.3, 0.4) is 0 Å². The number of alkyl halides is 3. The van der Waals surface area contributed by atoms with Crippen molar-refractivity contribution in [1.82, 2.24) is 0 Å². The van der Waals surface area contributed by atoms with Gasteiger partial charge < -0.3 is 14.8 Å². The highest BCUT2D eigenvalue weighted by Crippen LogP contribution is 2.39. The Hall–Kier alpha value is -2.84. The lowest BCUT2D eigenvalue weighted by Gasteiger charge is -2.24. The van der Waals surface area contributed by atoms with Crippen LogP contribution < -0.4 is 5.32 Å². The Balaban J connectivity index is 1.76. The Kier molecular flexibility index (Phi) is 9.79. The lowest BCUT2D eigenvalue weighted by Crippen LogP contribution is -2.31. The first-order chi connectivity index (χ1) is 17.6. The quantitative estimate of drug-likeness (QED) is 0.215. The van der Waals surface area contributed by atoms with E-state index >= 15 is 0 Å². The van der Waals surface area contributed by atoms with Crippen molar-refractivity contribution < 1.29 is 37.0 Å². The molecule has 3 rings (SSSR count). The van der Waals surface area contributed by atoms with Crippen LogP contribution in [0.15, 0.2) is 11.6 Å². The minimum atomic E-state index is -5.09. The molecule has 37 heavy (non-hydrogen) atoms. The van der Waals surface area contributed by atoms with Crippen molar-refractivity contribution in [3.8, 4) is 0 Å². The summed E-state index contributed by atoms with van der Waals surface area (Å²) in [6.07, 6.45) is 4.51. The number of benzene rings is 1. The third-order valence-electron chi connectivity index (χ3n) is 7.32. The van der Waals surface area contributed by atoms with E-state index in [-0.39, 0.29) is 36.2 Å². The van der Waals surface area contributed by atoms with Crippen LogP contribution >= 0.6 is 0 Å². The van der Waals surface area contributed by atoms with Crippen molar-refractivity contribution in [3.05, 3.63) is 39.5 Å². The third kappa shape index (κ3) is 6.93. The number of fused-ring (bicyclic) bond motifs is 1. The summed E-state index contributed by atoms with van der Waals surface area (Å²) in [6, 6.07) is 0. The molecule has 9 heteroatoms. The number of rotatable bonds is 10. The van der Waals surface area contributed by atoms with Crippen LogP contribution in [0.25, 0.3) is 0 Å². The first-order valence-electron chi connectivity index (χ1n) is 13.1. The molecular formula is C28H36F3NO5. The van der Waals surface area contributed by atoms with Gasteiger partial charge in [0, 0.05) is 5.56 Å². The summed E-state index contributed by atoms with van der Waals surface area (Å²) in [5.74, 6) is -3.16. The van der Waals surface area contributed by atoms with E-state index in [9.17, 15) is 27.6 Å². The van der Waals surface area contributed by atoms with Crippen LogP contribution in [0.1, 0.15) is 97.8 Å². The molecule has 0 radical (unpaired) electrons. The molecule has 1 heterocycles. The molecule has 1 fully saturated rings. The van der Waals surface area contributed by atoms with E-state index in [1.165, 1.54) is 0 Å². The SMILES string of the molecule is CCCCCCOC(=O)C1CCC(=CCc2c(CC)c(C)c3c(c2NC(=O)C(F)(F)F)C(=O)OC3)CC1. The fourth-order valence-corrected chi connectivity index (χ4v) is 5.18. The Morgan fingerprint density at radius 3 is 2.43 bits per heavy atom. The molecule has 1 saturated carbocycles. The van der Waals surface area contributed by atoms with Crippen molar-refractivity contribution in [2.75, 3.05) is 11.9 Å². The highest BCUT2D eigenvalue weighted by molar-refractivity contribution is 6.06. The third-order valence-corrected chi connectivity index (χ3v) is 7.32. The minimum Gasteiger partial charge on any atom is -0.465 e. The van der Waals surface area contributed by atoms with Gasteiger partial charge in [-0.25, -0.2) is 4.79 Å². The predicted molar refractivity (Wildman–Crippen MR) is 133 cm³/mol. The zero-order chi connectivity index (χ0) is 27.2. The highest BCUT2D eigenvalue weighted by atomic mass is 19.4. The smallest absolute Gasteiger partial charge is 0.465 e. The number of cyclic esters (lactones) is 1. The van der Waals surface area contributed by atoms with Crippen LogP contribution in [-0.2, 0) is 38.5 Å².